The largest absolute Gasteiger partial charge is 0.394 e. The fourth-order valence-corrected chi connectivity index (χ4v) is 5.17. The molecule has 0 aromatic rings. The zero-order valence-electron chi connectivity index (χ0n) is 23.4. The maximum Gasteiger partial charge on any atom is 0.222 e. The lowest BCUT2D eigenvalue weighted by molar-refractivity contribution is -0.133. The molecule has 1 unspecified atom stereocenters. The summed E-state index contributed by atoms with van der Waals surface area (Å²) in [5.41, 5.74) is 0. The van der Waals surface area contributed by atoms with E-state index in [1.807, 2.05) is 0 Å². The van der Waals surface area contributed by atoms with Gasteiger partial charge in [-0.25, -0.2) is 0 Å². The molecule has 1 fully saturated rings. The van der Waals surface area contributed by atoms with Gasteiger partial charge in [0.1, 0.15) is 0 Å². The molecule has 1 rings (SSSR count). The molecule has 7 heteroatoms. The highest BCUT2D eigenvalue weighted by atomic mass is 16.5. The maximum absolute atomic E-state index is 12.5. The molecule has 0 spiro atoms. The number of hydrogen-bond donors (Lipinski definition) is 3. The smallest absolute Gasteiger partial charge is 0.222 e. The van der Waals surface area contributed by atoms with E-state index in [0.717, 1.165) is 19.3 Å². The van der Waals surface area contributed by atoms with Crippen molar-refractivity contribution in [2.24, 2.45) is 0 Å². The summed E-state index contributed by atoms with van der Waals surface area (Å²) in [5.74, 6) is 0.0576. The molecular weight excluding hydrogens is 456 g/mol. The van der Waals surface area contributed by atoms with E-state index in [0.29, 0.717) is 45.3 Å². The second-order valence-electron chi connectivity index (χ2n) is 10.7. The number of amides is 2. The van der Waals surface area contributed by atoms with Crippen molar-refractivity contribution in [3.63, 3.8) is 0 Å². The minimum absolute atomic E-state index is 0.0154. The van der Waals surface area contributed by atoms with Gasteiger partial charge in [-0.15, -0.1) is 0 Å². The molecule has 0 aromatic carbocycles. The second-order valence-corrected chi connectivity index (χ2v) is 10.7. The van der Waals surface area contributed by atoms with Gasteiger partial charge in [-0.05, 0) is 25.7 Å². The average molecular weight is 513 g/mol. The molecule has 3 N–H and O–H groups in total. The summed E-state index contributed by atoms with van der Waals surface area (Å²) >= 11 is 0. The summed E-state index contributed by atoms with van der Waals surface area (Å²) in [6, 6.07) is -0.295. The molecule has 1 aliphatic rings. The SMILES string of the molecule is CCCCCCCCCCCCCCCC(=O)NC(CO)CCCCC(=O)N1C[C@H](O)C[C@H]1COC. The Morgan fingerprint density at radius 2 is 1.44 bits per heavy atom. The van der Waals surface area contributed by atoms with E-state index in [-0.39, 0.29) is 30.5 Å². The molecule has 3 atom stereocenters. The summed E-state index contributed by atoms with van der Waals surface area (Å²) in [6.07, 6.45) is 19.9. The number of unbranched alkanes of at least 4 members (excludes halogenated alkanes) is 13. The first-order chi connectivity index (χ1) is 17.5. The lowest BCUT2D eigenvalue weighted by Gasteiger charge is -2.24. The van der Waals surface area contributed by atoms with Crippen LogP contribution in [0.3, 0.4) is 0 Å². The Hall–Kier alpha value is -1.18. The summed E-state index contributed by atoms with van der Waals surface area (Å²) in [7, 11) is 1.61. The standard InChI is InChI=1S/C29H56N2O5/c1-3-4-5-6-7-8-9-10-11-12-13-14-15-19-28(34)30-25(23-32)18-16-17-20-29(35)31-22-27(33)21-26(31)24-36-2/h25-27,32-33H,3-24H2,1-2H3,(H,30,34)/t25?,26-,27+/m0/s1. The number of carbonyl (C=O) groups is 2. The van der Waals surface area contributed by atoms with Gasteiger partial charge in [-0.3, -0.25) is 9.59 Å². The highest BCUT2D eigenvalue weighted by molar-refractivity contribution is 5.77. The van der Waals surface area contributed by atoms with E-state index in [1.165, 1.54) is 70.6 Å². The molecule has 0 saturated carbocycles. The molecule has 1 aliphatic heterocycles. The third kappa shape index (κ3) is 15.8. The van der Waals surface area contributed by atoms with Crippen molar-refractivity contribution in [1.29, 1.82) is 0 Å². The van der Waals surface area contributed by atoms with Crippen LogP contribution in [0.5, 0.6) is 0 Å². The highest BCUT2D eigenvalue weighted by Gasteiger charge is 2.33. The summed E-state index contributed by atoms with van der Waals surface area (Å²) in [5, 5.41) is 22.4. The zero-order chi connectivity index (χ0) is 26.4. The molecule has 1 heterocycles. The molecular formula is C29H56N2O5. The third-order valence-corrected chi connectivity index (χ3v) is 7.36. The molecule has 1 saturated heterocycles. The van der Waals surface area contributed by atoms with Crippen LogP contribution in [0.1, 0.15) is 129 Å². The fraction of sp³-hybridized carbons (Fsp3) is 0.931. The number of carbonyl (C=O) groups excluding carboxylic acids is 2. The first-order valence-corrected chi connectivity index (χ1v) is 14.9. The molecule has 0 aromatic heterocycles. The van der Waals surface area contributed by atoms with Crippen LogP contribution in [-0.2, 0) is 14.3 Å². The van der Waals surface area contributed by atoms with Crippen LogP contribution in [-0.4, -0.2) is 72.0 Å². The van der Waals surface area contributed by atoms with Crippen LogP contribution in [0.25, 0.3) is 0 Å². The number of methoxy groups -OCH3 is 1. The number of rotatable bonds is 23. The van der Waals surface area contributed by atoms with Gasteiger partial charge in [0.15, 0.2) is 0 Å². The number of hydrogen-bond acceptors (Lipinski definition) is 5. The molecule has 36 heavy (non-hydrogen) atoms. The molecule has 0 radical (unpaired) electrons. The number of β-amino-alcohol motifs (C(OH)–C–C–N with tert-alkyl or cyclic N) is 1. The molecule has 0 aliphatic carbocycles. The van der Waals surface area contributed by atoms with Crippen molar-refractivity contribution in [1.82, 2.24) is 10.2 Å². The fourth-order valence-electron chi connectivity index (χ4n) is 5.17. The summed E-state index contributed by atoms with van der Waals surface area (Å²) in [6.45, 7) is 3.00. The van der Waals surface area contributed by atoms with Gasteiger partial charge in [0.05, 0.1) is 31.4 Å². The van der Waals surface area contributed by atoms with Gasteiger partial charge in [0.25, 0.3) is 0 Å². The van der Waals surface area contributed by atoms with Gasteiger partial charge < -0.3 is 25.2 Å². The van der Waals surface area contributed by atoms with Crippen molar-refractivity contribution < 1.29 is 24.5 Å². The van der Waals surface area contributed by atoms with E-state index in [4.69, 9.17) is 4.74 Å². The quantitative estimate of drug-likeness (QED) is 0.165. The van der Waals surface area contributed by atoms with Crippen molar-refractivity contribution >= 4 is 11.8 Å². The monoisotopic (exact) mass is 512 g/mol. The van der Waals surface area contributed by atoms with Gasteiger partial charge in [-0.2, -0.15) is 0 Å². The van der Waals surface area contributed by atoms with Gasteiger partial charge in [0.2, 0.25) is 11.8 Å². The minimum atomic E-state index is -0.474. The Bertz CT molecular complexity index is 560. The van der Waals surface area contributed by atoms with Crippen LogP contribution >= 0.6 is 0 Å². The Kier molecular flexibility index (Phi) is 19.9. The zero-order valence-corrected chi connectivity index (χ0v) is 23.4. The van der Waals surface area contributed by atoms with Gasteiger partial charge in [-0.1, -0.05) is 90.4 Å². The van der Waals surface area contributed by atoms with Crippen LogP contribution in [0.4, 0.5) is 0 Å². The van der Waals surface area contributed by atoms with E-state index < -0.39 is 6.10 Å². The predicted molar refractivity (Wildman–Crippen MR) is 146 cm³/mol. The first kappa shape index (κ1) is 32.8. The normalized spacial score (nSPS) is 18.5. The van der Waals surface area contributed by atoms with Gasteiger partial charge >= 0.3 is 0 Å². The lowest BCUT2D eigenvalue weighted by atomic mass is 10.0. The Morgan fingerprint density at radius 1 is 0.889 bits per heavy atom. The predicted octanol–water partition coefficient (Wildman–Crippen LogP) is 5.11. The third-order valence-electron chi connectivity index (χ3n) is 7.36. The highest BCUT2D eigenvalue weighted by Crippen LogP contribution is 2.20. The first-order valence-electron chi connectivity index (χ1n) is 14.9. The van der Waals surface area contributed by atoms with Crippen molar-refractivity contribution in [2.45, 2.75) is 147 Å². The van der Waals surface area contributed by atoms with Crippen molar-refractivity contribution in [3.8, 4) is 0 Å². The Labute approximate surface area is 220 Å². The number of aliphatic hydroxyl groups excluding tert-OH is 2. The number of nitrogens with zero attached hydrogens (tertiary/aromatic N) is 1. The van der Waals surface area contributed by atoms with E-state index in [9.17, 15) is 19.8 Å². The Balaban J connectivity index is 2.01. The second kappa shape index (κ2) is 21.9. The number of ether oxygens (including phenoxy) is 1. The average Bonchev–Trinajstić information content (AvgIpc) is 3.24. The number of aliphatic hydroxyl groups is 2. The minimum Gasteiger partial charge on any atom is -0.394 e. The van der Waals surface area contributed by atoms with Crippen LogP contribution in [0.2, 0.25) is 0 Å². The molecule has 2 amide bonds. The van der Waals surface area contributed by atoms with Gasteiger partial charge in [0, 0.05) is 26.5 Å². The summed E-state index contributed by atoms with van der Waals surface area (Å²) < 4.78 is 5.17. The van der Waals surface area contributed by atoms with Crippen LogP contribution in [0, 0.1) is 0 Å². The van der Waals surface area contributed by atoms with E-state index in [1.54, 1.807) is 12.0 Å². The van der Waals surface area contributed by atoms with E-state index in [2.05, 4.69) is 12.2 Å². The van der Waals surface area contributed by atoms with E-state index >= 15 is 0 Å². The maximum atomic E-state index is 12.5. The topological polar surface area (TPSA) is 99.1 Å². The van der Waals surface area contributed by atoms with Crippen molar-refractivity contribution in [2.75, 3.05) is 26.9 Å². The Morgan fingerprint density at radius 3 is 2.00 bits per heavy atom. The molecule has 7 nitrogen and oxygen atoms in total. The molecule has 212 valence electrons. The van der Waals surface area contributed by atoms with Crippen LogP contribution < -0.4 is 5.32 Å². The summed E-state index contributed by atoms with van der Waals surface area (Å²) in [4.78, 5) is 26.5. The lowest BCUT2D eigenvalue weighted by Crippen LogP contribution is -2.38. The van der Waals surface area contributed by atoms with Crippen LogP contribution in [0.15, 0.2) is 0 Å². The molecule has 0 bridgehead atoms. The number of likely N-dealkylation sites (tertiary alicyclic amines) is 1. The number of nitrogens with one attached hydrogen (secondary N) is 1. The van der Waals surface area contributed by atoms with Crippen molar-refractivity contribution in [3.05, 3.63) is 0 Å².